The zero-order chi connectivity index (χ0) is 20.9. The molecule has 0 unspecified atom stereocenters. The van der Waals surface area contributed by atoms with Crippen LogP contribution in [0.2, 0.25) is 5.02 Å². The number of anilines is 1. The van der Waals surface area contributed by atoms with Gasteiger partial charge in [0.2, 0.25) is 0 Å². The molecule has 0 fully saturated rings. The number of amides is 1. The minimum absolute atomic E-state index is 0.0811. The summed E-state index contributed by atoms with van der Waals surface area (Å²) in [7, 11) is 0. The van der Waals surface area contributed by atoms with Crippen molar-refractivity contribution >= 4 is 51.1 Å². The first-order valence-corrected chi connectivity index (χ1v) is 10.1. The summed E-state index contributed by atoms with van der Waals surface area (Å²) in [4.78, 5) is 26.4. The van der Waals surface area contributed by atoms with E-state index in [0.717, 1.165) is 16.0 Å². The number of fused-ring (bicyclic) bond motifs is 1. The molecule has 4 rings (SSSR count). The number of thiazole rings is 1. The van der Waals surface area contributed by atoms with Crippen LogP contribution in [0.4, 0.5) is 5.13 Å². The summed E-state index contributed by atoms with van der Waals surface area (Å²) in [6.45, 7) is 0. The molecule has 0 spiro atoms. The van der Waals surface area contributed by atoms with Crippen molar-refractivity contribution in [2.24, 2.45) is 0 Å². The first-order chi connectivity index (χ1) is 14.6. The van der Waals surface area contributed by atoms with Crippen LogP contribution in [0.1, 0.15) is 16.1 Å². The Bertz CT molecular complexity index is 1310. The second-order valence-corrected chi connectivity index (χ2v) is 7.83. The number of carbonyl (C=O) groups excluding carboxylic acids is 1. The Morgan fingerprint density at radius 1 is 1.10 bits per heavy atom. The van der Waals surface area contributed by atoms with Crippen LogP contribution in [0.15, 0.2) is 66.5 Å². The molecule has 2 aromatic carbocycles. The lowest BCUT2D eigenvalue weighted by molar-refractivity contribution is -0.112. The molecular weight excluding hydrogens is 418 g/mol. The van der Waals surface area contributed by atoms with Crippen LogP contribution in [0.5, 0.6) is 0 Å². The van der Waals surface area contributed by atoms with Gasteiger partial charge in [-0.3, -0.25) is 15.1 Å². The number of carbonyl (C=O) groups is 1. The first-order valence-electron chi connectivity index (χ1n) is 8.95. The van der Waals surface area contributed by atoms with Crippen LogP contribution in [-0.2, 0) is 11.2 Å². The molecule has 4 aromatic rings. The number of nitrogens with zero attached hydrogens (tertiary/aromatic N) is 4. The second kappa shape index (κ2) is 8.82. The molecular formula is C22H14ClN5OS. The van der Waals surface area contributed by atoms with Crippen LogP contribution >= 0.6 is 22.9 Å². The number of benzene rings is 2. The summed E-state index contributed by atoms with van der Waals surface area (Å²) in [6.07, 6.45) is 5.24. The van der Waals surface area contributed by atoms with Gasteiger partial charge in [0.25, 0.3) is 5.91 Å². The van der Waals surface area contributed by atoms with Gasteiger partial charge in [0.15, 0.2) is 5.13 Å². The minimum Gasteiger partial charge on any atom is -0.297 e. The van der Waals surface area contributed by atoms with Gasteiger partial charge in [-0.15, -0.1) is 11.3 Å². The molecule has 8 heteroatoms. The number of halogens is 1. The quantitative estimate of drug-likeness (QED) is 0.359. The van der Waals surface area contributed by atoms with Gasteiger partial charge in [0, 0.05) is 22.5 Å². The fraction of sp³-hybridized carbons (Fsp3) is 0.0455. The lowest BCUT2D eigenvalue weighted by Crippen LogP contribution is -2.13. The number of aromatic nitrogens is 3. The highest BCUT2D eigenvalue weighted by molar-refractivity contribution is 7.15. The molecule has 146 valence electrons. The highest BCUT2D eigenvalue weighted by Gasteiger charge is 2.13. The Morgan fingerprint density at radius 2 is 1.87 bits per heavy atom. The molecule has 0 saturated heterocycles. The van der Waals surface area contributed by atoms with Crippen LogP contribution in [0.3, 0.4) is 0 Å². The lowest BCUT2D eigenvalue weighted by atomic mass is 10.1. The van der Waals surface area contributed by atoms with E-state index in [1.165, 1.54) is 23.6 Å². The third kappa shape index (κ3) is 4.51. The summed E-state index contributed by atoms with van der Waals surface area (Å²) in [5.74, 6) is -0.550. The van der Waals surface area contributed by atoms with Gasteiger partial charge in [-0.2, -0.15) is 5.26 Å². The molecule has 2 aromatic heterocycles. The van der Waals surface area contributed by atoms with Gasteiger partial charge >= 0.3 is 0 Å². The van der Waals surface area contributed by atoms with Crippen LogP contribution in [-0.4, -0.2) is 20.9 Å². The third-order valence-electron chi connectivity index (χ3n) is 4.22. The van der Waals surface area contributed by atoms with Crippen molar-refractivity contribution in [2.75, 3.05) is 5.32 Å². The topological polar surface area (TPSA) is 91.6 Å². The monoisotopic (exact) mass is 431 g/mol. The maximum Gasteiger partial charge on any atom is 0.268 e. The van der Waals surface area contributed by atoms with Crippen LogP contribution in [0, 0.1) is 11.3 Å². The largest absolute Gasteiger partial charge is 0.297 e. The molecule has 0 saturated carbocycles. The number of rotatable bonds is 5. The Balaban J connectivity index is 1.49. The SMILES string of the molecule is N#CC(=Cc1cnc2ccccc2n1)C(=O)Nc1ncc(Cc2ccccc2Cl)s1. The van der Waals surface area contributed by atoms with E-state index in [0.29, 0.717) is 27.8 Å². The molecule has 2 heterocycles. The zero-order valence-electron chi connectivity index (χ0n) is 15.5. The van der Waals surface area contributed by atoms with E-state index in [2.05, 4.69) is 20.3 Å². The maximum absolute atomic E-state index is 12.5. The Morgan fingerprint density at radius 3 is 2.67 bits per heavy atom. The molecule has 0 aliphatic rings. The summed E-state index contributed by atoms with van der Waals surface area (Å²) in [6, 6.07) is 16.9. The summed E-state index contributed by atoms with van der Waals surface area (Å²) in [5, 5.41) is 13.2. The fourth-order valence-electron chi connectivity index (χ4n) is 2.78. The summed E-state index contributed by atoms with van der Waals surface area (Å²) >= 11 is 7.53. The molecule has 0 atom stereocenters. The average molecular weight is 432 g/mol. The molecule has 0 aliphatic heterocycles. The predicted molar refractivity (Wildman–Crippen MR) is 118 cm³/mol. The molecule has 6 nitrogen and oxygen atoms in total. The molecule has 1 N–H and O–H groups in total. The number of nitriles is 1. The van der Waals surface area contributed by atoms with E-state index >= 15 is 0 Å². The standard InChI is InChI=1S/C22H14ClN5OS/c23-18-6-2-1-5-14(18)10-17-13-26-22(30-17)28-21(29)15(11-24)9-16-12-25-19-7-3-4-8-20(19)27-16/h1-9,12-13H,10H2,(H,26,28,29). The molecule has 0 bridgehead atoms. The van der Waals surface area contributed by atoms with Crippen LogP contribution < -0.4 is 5.32 Å². The Hall–Kier alpha value is -3.60. The number of nitrogens with one attached hydrogen (secondary N) is 1. The molecule has 1 amide bonds. The molecule has 0 radical (unpaired) electrons. The first kappa shape index (κ1) is 19.7. The Labute approximate surface area is 181 Å². The van der Waals surface area contributed by atoms with E-state index in [9.17, 15) is 10.1 Å². The van der Waals surface area contributed by atoms with Crippen molar-refractivity contribution in [2.45, 2.75) is 6.42 Å². The Kier molecular flexibility index (Phi) is 5.80. The minimum atomic E-state index is -0.550. The zero-order valence-corrected chi connectivity index (χ0v) is 17.1. The summed E-state index contributed by atoms with van der Waals surface area (Å²) < 4.78 is 0. The number of hydrogen-bond donors (Lipinski definition) is 1. The van der Waals surface area contributed by atoms with Crippen molar-refractivity contribution in [3.63, 3.8) is 0 Å². The van der Waals surface area contributed by atoms with Gasteiger partial charge < -0.3 is 0 Å². The average Bonchev–Trinajstić information content (AvgIpc) is 3.20. The second-order valence-electron chi connectivity index (χ2n) is 6.31. The highest BCUT2D eigenvalue weighted by Crippen LogP contribution is 2.25. The number of hydrogen-bond acceptors (Lipinski definition) is 6. The van der Waals surface area contributed by atoms with Gasteiger partial charge in [0.1, 0.15) is 11.6 Å². The van der Waals surface area contributed by atoms with E-state index in [-0.39, 0.29) is 5.57 Å². The van der Waals surface area contributed by atoms with Crippen molar-refractivity contribution in [3.05, 3.63) is 87.7 Å². The highest BCUT2D eigenvalue weighted by atomic mass is 35.5. The van der Waals surface area contributed by atoms with Gasteiger partial charge in [-0.05, 0) is 29.8 Å². The smallest absolute Gasteiger partial charge is 0.268 e. The van der Waals surface area contributed by atoms with Crippen molar-refractivity contribution in [1.82, 2.24) is 15.0 Å². The van der Waals surface area contributed by atoms with Gasteiger partial charge in [-0.25, -0.2) is 9.97 Å². The van der Waals surface area contributed by atoms with Crippen molar-refractivity contribution in [3.8, 4) is 6.07 Å². The van der Waals surface area contributed by atoms with Crippen molar-refractivity contribution in [1.29, 1.82) is 5.26 Å². The van der Waals surface area contributed by atoms with E-state index < -0.39 is 5.91 Å². The van der Waals surface area contributed by atoms with Crippen LogP contribution in [0.25, 0.3) is 17.1 Å². The van der Waals surface area contributed by atoms with E-state index in [1.54, 1.807) is 6.20 Å². The van der Waals surface area contributed by atoms with Crippen molar-refractivity contribution < 1.29 is 4.79 Å². The molecule has 30 heavy (non-hydrogen) atoms. The van der Waals surface area contributed by atoms with Gasteiger partial charge in [-0.1, -0.05) is 41.9 Å². The third-order valence-corrected chi connectivity index (χ3v) is 5.50. The maximum atomic E-state index is 12.5. The summed E-state index contributed by atoms with van der Waals surface area (Å²) in [5.41, 5.74) is 2.76. The fourth-order valence-corrected chi connectivity index (χ4v) is 3.81. The lowest BCUT2D eigenvalue weighted by Gasteiger charge is -2.02. The molecule has 0 aliphatic carbocycles. The predicted octanol–water partition coefficient (Wildman–Crippen LogP) is 4.88. The number of para-hydroxylation sites is 2. The van der Waals surface area contributed by atoms with E-state index in [1.807, 2.05) is 54.6 Å². The van der Waals surface area contributed by atoms with Gasteiger partial charge in [0.05, 0.1) is 22.9 Å². The normalized spacial score (nSPS) is 11.3. The van der Waals surface area contributed by atoms with E-state index in [4.69, 9.17) is 11.6 Å².